The van der Waals surface area contributed by atoms with Gasteiger partial charge in [-0.3, -0.25) is 4.68 Å². The molecule has 0 bridgehead atoms. The van der Waals surface area contributed by atoms with Crippen molar-refractivity contribution >= 4 is 11.9 Å². The van der Waals surface area contributed by atoms with E-state index in [1.54, 1.807) is 0 Å². The van der Waals surface area contributed by atoms with E-state index >= 15 is 0 Å². The number of rotatable bonds is 8. The number of aryl methyl sites for hydroxylation is 3. The number of allylic oxidation sites excluding steroid dienone is 1. The van der Waals surface area contributed by atoms with Crippen LogP contribution in [0.3, 0.4) is 0 Å². The number of benzene rings is 1. The van der Waals surface area contributed by atoms with Gasteiger partial charge in [-0.2, -0.15) is 5.10 Å². The maximum Gasteiger partial charge on any atom is 0.135 e. The van der Waals surface area contributed by atoms with Crippen LogP contribution < -0.4 is 10.6 Å². The quantitative estimate of drug-likeness (QED) is 0.555. The molecule has 0 saturated heterocycles. The molecule has 1 aromatic heterocycles. The van der Waals surface area contributed by atoms with Crippen molar-refractivity contribution in [3.63, 3.8) is 0 Å². The van der Waals surface area contributed by atoms with E-state index in [4.69, 9.17) is 5.10 Å². The molecule has 31 heavy (non-hydrogen) atoms. The molecule has 1 atom stereocenters. The third-order valence-corrected chi connectivity index (χ3v) is 5.57. The highest BCUT2D eigenvalue weighted by molar-refractivity contribution is 5.80. The van der Waals surface area contributed by atoms with Crippen LogP contribution in [-0.4, -0.2) is 22.0 Å². The van der Waals surface area contributed by atoms with Gasteiger partial charge in [0.15, 0.2) is 0 Å². The van der Waals surface area contributed by atoms with Gasteiger partial charge in [-0.1, -0.05) is 44.2 Å². The minimum atomic E-state index is 0.00979. The predicted octanol–water partition coefficient (Wildman–Crippen LogP) is 5.99. The fourth-order valence-corrected chi connectivity index (χ4v) is 3.69. The van der Waals surface area contributed by atoms with E-state index in [9.17, 15) is 0 Å². The molecular weight excluding hydrogens is 382 g/mol. The Bertz CT molecular complexity index is 1040. The second-order valence-corrected chi connectivity index (χ2v) is 8.80. The van der Waals surface area contributed by atoms with Gasteiger partial charge in [0.05, 0.1) is 23.6 Å². The highest BCUT2D eigenvalue weighted by atomic mass is 15.3. The molecule has 3 rings (SSSR count). The molecule has 2 N–H and O–H groups in total. The zero-order valence-electron chi connectivity index (χ0n) is 19.7. The van der Waals surface area contributed by atoms with Gasteiger partial charge < -0.3 is 10.6 Å². The summed E-state index contributed by atoms with van der Waals surface area (Å²) in [5, 5.41) is 11.7. The van der Waals surface area contributed by atoms with Gasteiger partial charge in [-0.05, 0) is 57.2 Å². The molecule has 5 heteroatoms. The first-order valence-corrected chi connectivity index (χ1v) is 11.0. The van der Waals surface area contributed by atoms with Crippen molar-refractivity contribution in [2.45, 2.75) is 60.5 Å². The lowest BCUT2D eigenvalue weighted by atomic mass is 10.0. The van der Waals surface area contributed by atoms with Gasteiger partial charge in [0, 0.05) is 30.1 Å². The summed E-state index contributed by atoms with van der Waals surface area (Å²) in [6, 6.07) is 6.60. The third-order valence-electron chi connectivity index (χ3n) is 5.57. The van der Waals surface area contributed by atoms with E-state index in [1.807, 2.05) is 31.6 Å². The van der Waals surface area contributed by atoms with Crippen LogP contribution in [0.15, 0.2) is 65.2 Å². The van der Waals surface area contributed by atoms with Crippen LogP contribution in [0.25, 0.3) is 11.3 Å². The molecule has 0 aliphatic carbocycles. The molecular formula is C26H35N5. The molecule has 1 unspecified atom stereocenters. The van der Waals surface area contributed by atoms with E-state index < -0.39 is 0 Å². The third kappa shape index (κ3) is 5.35. The molecule has 0 spiro atoms. The van der Waals surface area contributed by atoms with Crippen molar-refractivity contribution in [2.75, 3.05) is 5.32 Å². The van der Waals surface area contributed by atoms with Crippen molar-refractivity contribution in [1.29, 1.82) is 0 Å². The van der Waals surface area contributed by atoms with Crippen LogP contribution in [0.1, 0.15) is 45.2 Å². The predicted molar refractivity (Wildman–Crippen MR) is 132 cm³/mol. The van der Waals surface area contributed by atoms with Crippen LogP contribution in [-0.2, 0) is 6.54 Å². The normalized spacial score (nSPS) is 16.0. The molecule has 1 aromatic carbocycles. The van der Waals surface area contributed by atoms with Gasteiger partial charge >= 0.3 is 0 Å². The Kier molecular flexibility index (Phi) is 7.16. The molecule has 0 saturated carbocycles. The largest absolute Gasteiger partial charge is 0.375 e. The average Bonchev–Trinajstić information content (AvgIpc) is 3.12. The monoisotopic (exact) mass is 417 g/mol. The second-order valence-electron chi connectivity index (χ2n) is 8.80. The van der Waals surface area contributed by atoms with Crippen molar-refractivity contribution < 1.29 is 0 Å². The summed E-state index contributed by atoms with van der Waals surface area (Å²) in [5.74, 6) is 1.44. The van der Waals surface area contributed by atoms with Crippen molar-refractivity contribution in [3.05, 3.63) is 71.3 Å². The van der Waals surface area contributed by atoms with E-state index in [1.165, 1.54) is 16.7 Å². The Hall–Kier alpha value is -3.08. The van der Waals surface area contributed by atoms with E-state index in [-0.39, 0.29) is 6.04 Å². The average molecular weight is 418 g/mol. The highest BCUT2D eigenvalue weighted by Crippen LogP contribution is 2.33. The smallest absolute Gasteiger partial charge is 0.135 e. The van der Waals surface area contributed by atoms with E-state index in [2.05, 4.69) is 79.7 Å². The molecule has 1 aliphatic heterocycles. The molecule has 164 valence electrons. The Balaban J connectivity index is 1.99. The number of aliphatic imine (C=N–C) groups is 1. The summed E-state index contributed by atoms with van der Waals surface area (Å²) < 4.78 is 2.14. The minimum Gasteiger partial charge on any atom is -0.375 e. The molecule has 2 heterocycles. The molecule has 0 radical (unpaired) electrons. The fraction of sp³-hybridized carbons (Fsp3) is 0.385. The van der Waals surface area contributed by atoms with Crippen LogP contribution in [0, 0.1) is 19.8 Å². The molecule has 2 aromatic rings. The summed E-state index contributed by atoms with van der Waals surface area (Å²) in [6.07, 6.45) is 8.73. The zero-order valence-corrected chi connectivity index (χ0v) is 19.7. The first-order valence-electron chi connectivity index (χ1n) is 11.0. The maximum absolute atomic E-state index is 4.75. The Morgan fingerprint density at radius 2 is 2.00 bits per heavy atom. The van der Waals surface area contributed by atoms with Crippen LogP contribution in [0.5, 0.6) is 0 Å². The summed E-state index contributed by atoms with van der Waals surface area (Å²) in [5.41, 5.74) is 7.98. The van der Waals surface area contributed by atoms with Gasteiger partial charge in [0.1, 0.15) is 5.82 Å². The number of nitrogens with one attached hydrogen (secondary N) is 2. The first kappa shape index (κ1) is 22.6. The Morgan fingerprint density at radius 1 is 1.23 bits per heavy atom. The molecule has 1 aliphatic rings. The van der Waals surface area contributed by atoms with Crippen molar-refractivity contribution in [2.24, 2.45) is 10.9 Å². The summed E-state index contributed by atoms with van der Waals surface area (Å²) in [7, 11) is 0. The summed E-state index contributed by atoms with van der Waals surface area (Å²) in [6.45, 7) is 17.9. The Morgan fingerprint density at radius 3 is 2.65 bits per heavy atom. The van der Waals surface area contributed by atoms with Gasteiger partial charge in [0.2, 0.25) is 0 Å². The minimum absolute atomic E-state index is 0.00979. The zero-order chi connectivity index (χ0) is 22.5. The highest BCUT2D eigenvalue weighted by Gasteiger charge is 2.19. The van der Waals surface area contributed by atoms with Gasteiger partial charge in [-0.25, -0.2) is 4.99 Å². The number of nitrogens with zero attached hydrogens (tertiary/aromatic N) is 3. The molecule has 5 nitrogen and oxygen atoms in total. The Labute approximate surface area is 186 Å². The molecule has 0 amide bonds. The number of aromatic nitrogens is 2. The van der Waals surface area contributed by atoms with Crippen LogP contribution in [0.2, 0.25) is 0 Å². The summed E-state index contributed by atoms with van der Waals surface area (Å²) in [4.78, 5) is 4.55. The summed E-state index contributed by atoms with van der Waals surface area (Å²) >= 11 is 0. The van der Waals surface area contributed by atoms with Crippen LogP contribution >= 0.6 is 0 Å². The fourth-order valence-electron chi connectivity index (χ4n) is 3.69. The number of hydrogen-bond donors (Lipinski definition) is 2. The van der Waals surface area contributed by atoms with Crippen LogP contribution in [0.4, 0.5) is 5.69 Å². The topological polar surface area (TPSA) is 54.2 Å². The lowest BCUT2D eigenvalue weighted by Crippen LogP contribution is -2.23. The first-order chi connectivity index (χ1) is 14.8. The van der Waals surface area contributed by atoms with E-state index in [0.29, 0.717) is 5.92 Å². The van der Waals surface area contributed by atoms with Gasteiger partial charge in [-0.15, -0.1) is 0 Å². The van der Waals surface area contributed by atoms with Gasteiger partial charge in [0.25, 0.3) is 0 Å². The second kappa shape index (κ2) is 9.82. The maximum atomic E-state index is 4.75. The van der Waals surface area contributed by atoms with E-state index in [0.717, 1.165) is 41.3 Å². The standard InChI is InChI=1S/C26H35N5/c1-8-22(26-27-14-19(5)15-28-26)21(7)30-24-16-29-31(12-11-17(2)3)25(24)23-13-18(4)9-10-20(23)6/h8-10,13-17,21,27,30H,1,11-12H2,2-7H3/b26-22-. The SMILES string of the molecule is C=C/C(=C1/N=CC(C)=CN1)C(C)Nc1cnn(CCC(C)C)c1-c1cc(C)ccc1C. The number of hydrogen-bond acceptors (Lipinski definition) is 4. The lowest BCUT2D eigenvalue weighted by Gasteiger charge is -2.21. The molecule has 0 fully saturated rings. The number of anilines is 1. The lowest BCUT2D eigenvalue weighted by molar-refractivity contribution is 0.490. The van der Waals surface area contributed by atoms with Crippen molar-refractivity contribution in [1.82, 2.24) is 15.1 Å². The van der Waals surface area contributed by atoms with Crippen molar-refractivity contribution in [3.8, 4) is 11.3 Å².